The summed E-state index contributed by atoms with van der Waals surface area (Å²) in [5, 5.41) is 2.70. The number of piperidine rings is 1. The number of ketones is 1. The minimum atomic E-state index is 0.321. The van der Waals surface area contributed by atoms with E-state index in [4.69, 9.17) is 0 Å². The number of carbonyl (C=O) groups is 1. The molecule has 4 aromatic carbocycles. The number of Topliss-reactive ketones (excluding diaryl/α,β-unsaturated/α-hetero) is 1. The summed E-state index contributed by atoms with van der Waals surface area (Å²) in [5.74, 6) is 0.978. The van der Waals surface area contributed by atoms with Gasteiger partial charge in [0, 0.05) is 38.2 Å². The number of hydrogen-bond acceptors (Lipinski definition) is 3. The zero-order chi connectivity index (χ0) is 26.4. The van der Waals surface area contributed by atoms with Crippen molar-refractivity contribution in [2.45, 2.75) is 51.6 Å². The zero-order valence-electron chi connectivity index (χ0n) is 23.0. The summed E-state index contributed by atoms with van der Waals surface area (Å²) in [4.78, 5) is 18.3. The van der Waals surface area contributed by atoms with Gasteiger partial charge in [-0.25, -0.2) is 0 Å². The van der Waals surface area contributed by atoms with Crippen LogP contribution in [0.1, 0.15) is 58.3 Å². The predicted molar refractivity (Wildman–Crippen MR) is 161 cm³/mol. The molecular formula is C36H40N2O. The van der Waals surface area contributed by atoms with E-state index in [2.05, 4.69) is 101 Å². The molecule has 0 spiro atoms. The average Bonchev–Trinajstić information content (AvgIpc) is 3.19. The molecule has 0 N–H and O–H groups in total. The molecule has 0 aromatic heterocycles. The smallest absolute Gasteiger partial charge is 0.162 e. The summed E-state index contributed by atoms with van der Waals surface area (Å²) in [5.41, 5.74) is 6.50. The van der Waals surface area contributed by atoms with Gasteiger partial charge >= 0.3 is 0 Å². The van der Waals surface area contributed by atoms with Gasteiger partial charge in [0.1, 0.15) is 0 Å². The zero-order valence-corrected chi connectivity index (χ0v) is 23.0. The molecule has 6 rings (SSSR count). The van der Waals surface area contributed by atoms with Gasteiger partial charge < -0.3 is 0 Å². The van der Waals surface area contributed by atoms with Crippen LogP contribution in [-0.2, 0) is 25.9 Å². The molecule has 2 heterocycles. The Hall–Kier alpha value is -3.27. The molecule has 0 aliphatic carbocycles. The highest BCUT2D eigenvalue weighted by Crippen LogP contribution is 2.27. The first kappa shape index (κ1) is 26.0. The summed E-state index contributed by atoms with van der Waals surface area (Å²) in [6.07, 6.45) is 6.17. The Labute approximate surface area is 233 Å². The molecule has 0 saturated carbocycles. The van der Waals surface area contributed by atoms with E-state index in [1.54, 1.807) is 0 Å². The van der Waals surface area contributed by atoms with Crippen molar-refractivity contribution in [3.8, 4) is 0 Å². The van der Waals surface area contributed by atoms with E-state index in [-0.39, 0.29) is 0 Å². The number of carbonyl (C=O) groups excluding carboxylic acids is 1. The van der Waals surface area contributed by atoms with Crippen molar-refractivity contribution >= 4 is 16.6 Å². The molecule has 0 bridgehead atoms. The Morgan fingerprint density at radius 3 is 2.26 bits per heavy atom. The highest BCUT2D eigenvalue weighted by atomic mass is 16.1. The van der Waals surface area contributed by atoms with Crippen molar-refractivity contribution in [3.05, 3.63) is 119 Å². The molecule has 0 amide bonds. The molecule has 2 aliphatic rings. The van der Waals surface area contributed by atoms with Gasteiger partial charge in [-0.15, -0.1) is 0 Å². The van der Waals surface area contributed by atoms with E-state index >= 15 is 0 Å². The van der Waals surface area contributed by atoms with Crippen LogP contribution in [0.4, 0.5) is 0 Å². The largest absolute Gasteiger partial charge is 0.299 e. The lowest BCUT2D eigenvalue weighted by molar-refractivity contribution is 0.0961. The van der Waals surface area contributed by atoms with Crippen molar-refractivity contribution in [1.82, 2.24) is 9.80 Å². The molecular weight excluding hydrogens is 476 g/mol. The first-order chi connectivity index (χ1) is 19.2. The molecule has 2 aliphatic heterocycles. The van der Waals surface area contributed by atoms with Crippen molar-refractivity contribution in [2.75, 3.05) is 26.2 Å². The van der Waals surface area contributed by atoms with Crippen molar-refractivity contribution in [3.63, 3.8) is 0 Å². The molecule has 3 nitrogen and oxygen atoms in total. The summed E-state index contributed by atoms with van der Waals surface area (Å²) in [7, 11) is 0. The first-order valence-electron chi connectivity index (χ1n) is 14.8. The Morgan fingerprint density at radius 2 is 1.41 bits per heavy atom. The summed E-state index contributed by atoms with van der Waals surface area (Å²) in [6.45, 7) is 6.40. The van der Waals surface area contributed by atoms with Gasteiger partial charge in [-0.2, -0.15) is 0 Å². The fourth-order valence-corrected chi connectivity index (χ4v) is 6.53. The highest BCUT2D eigenvalue weighted by Gasteiger charge is 2.22. The summed E-state index contributed by atoms with van der Waals surface area (Å²) < 4.78 is 0. The molecule has 39 heavy (non-hydrogen) atoms. The molecule has 0 radical (unpaired) electrons. The lowest BCUT2D eigenvalue weighted by Crippen LogP contribution is -2.33. The first-order valence-corrected chi connectivity index (χ1v) is 14.8. The third-order valence-electron chi connectivity index (χ3n) is 8.93. The third-order valence-corrected chi connectivity index (χ3v) is 8.93. The van der Waals surface area contributed by atoms with Gasteiger partial charge in [0.05, 0.1) is 0 Å². The second-order valence-electron chi connectivity index (χ2n) is 11.6. The van der Waals surface area contributed by atoms with E-state index in [0.29, 0.717) is 18.1 Å². The van der Waals surface area contributed by atoms with Crippen LogP contribution in [0.2, 0.25) is 0 Å². The Morgan fingerprint density at radius 1 is 0.692 bits per heavy atom. The molecule has 1 saturated heterocycles. The van der Waals surface area contributed by atoms with E-state index in [1.807, 2.05) is 0 Å². The predicted octanol–water partition coefficient (Wildman–Crippen LogP) is 7.32. The Balaban J connectivity index is 0.981. The Kier molecular flexibility index (Phi) is 8.18. The molecule has 3 heteroatoms. The molecule has 1 fully saturated rings. The van der Waals surface area contributed by atoms with Crippen LogP contribution in [0.5, 0.6) is 0 Å². The maximum atomic E-state index is 13.2. The number of hydrogen-bond donors (Lipinski definition) is 0. The lowest BCUT2D eigenvalue weighted by Gasteiger charge is -2.32. The normalized spacial score (nSPS) is 17.1. The molecule has 0 unspecified atom stereocenters. The summed E-state index contributed by atoms with van der Waals surface area (Å²) >= 11 is 0. The van der Waals surface area contributed by atoms with Gasteiger partial charge in [0.25, 0.3) is 0 Å². The van der Waals surface area contributed by atoms with Crippen LogP contribution in [0.25, 0.3) is 10.8 Å². The van der Waals surface area contributed by atoms with Gasteiger partial charge in [0.15, 0.2) is 5.78 Å². The quantitative estimate of drug-likeness (QED) is 0.229. The third kappa shape index (κ3) is 6.49. The fraction of sp³-hybridized carbons (Fsp3) is 0.361. The maximum Gasteiger partial charge on any atom is 0.162 e. The van der Waals surface area contributed by atoms with Crippen LogP contribution in [0.15, 0.2) is 91.0 Å². The SMILES string of the molecule is O=C(CCC1CCN(Cc2cccc3ccccc23)CC1)c1ccc2c(c1)CCN(Cc1ccccc1)CC2. The Bertz CT molecular complexity index is 1400. The number of likely N-dealkylation sites (tertiary alicyclic amines) is 1. The van der Waals surface area contributed by atoms with Crippen molar-refractivity contribution < 1.29 is 4.79 Å². The number of rotatable bonds is 8. The monoisotopic (exact) mass is 516 g/mol. The second kappa shape index (κ2) is 12.3. The maximum absolute atomic E-state index is 13.2. The molecule has 0 atom stereocenters. The van der Waals surface area contributed by atoms with Crippen LogP contribution >= 0.6 is 0 Å². The number of fused-ring (bicyclic) bond motifs is 2. The van der Waals surface area contributed by atoms with Gasteiger partial charge in [-0.05, 0) is 90.2 Å². The van der Waals surface area contributed by atoms with Crippen LogP contribution in [-0.4, -0.2) is 41.8 Å². The van der Waals surface area contributed by atoms with Gasteiger partial charge in [-0.1, -0.05) is 84.9 Å². The number of benzene rings is 4. The molecule has 4 aromatic rings. The second-order valence-corrected chi connectivity index (χ2v) is 11.6. The van der Waals surface area contributed by atoms with E-state index in [9.17, 15) is 4.79 Å². The van der Waals surface area contributed by atoms with Gasteiger partial charge in [0.2, 0.25) is 0 Å². The fourth-order valence-electron chi connectivity index (χ4n) is 6.53. The van der Waals surface area contributed by atoms with E-state index < -0.39 is 0 Å². The van der Waals surface area contributed by atoms with Crippen LogP contribution in [0.3, 0.4) is 0 Å². The lowest BCUT2D eigenvalue weighted by atomic mass is 9.89. The topological polar surface area (TPSA) is 23.6 Å². The van der Waals surface area contributed by atoms with Crippen LogP contribution < -0.4 is 0 Å². The van der Waals surface area contributed by atoms with Crippen molar-refractivity contribution in [2.24, 2.45) is 5.92 Å². The standard InChI is InChI=1S/C36H40N2O/c39-36(33-15-14-30-19-23-37(24-20-32(30)25-33)26-29-7-2-1-3-8-29)16-13-28-17-21-38(22-18-28)27-34-11-6-10-31-9-4-5-12-35(31)34/h1-12,14-15,25,28H,13,16-24,26-27H2. The van der Waals surface area contributed by atoms with E-state index in [0.717, 1.165) is 64.1 Å². The minimum absolute atomic E-state index is 0.321. The summed E-state index contributed by atoms with van der Waals surface area (Å²) in [6, 6.07) is 32.6. The molecule has 200 valence electrons. The van der Waals surface area contributed by atoms with Crippen LogP contribution in [0, 0.1) is 5.92 Å². The van der Waals surface area contributed by atoms with E-state index in [1.165, 1.54) is 45.9 Å². The van der Waals surface area contributed by atoms with Crippen molar-refractivity contribution in [1.29, 1.82) is 0 Å². The van der Waals surface area contributed by atoms with Gasteiger partial charge in [-0.3, -0.25) is 14.6 Å². The minimum Gasteiger partial charge on any atom is -0.299 e. The average molecular weight is 517 g/mol. The highest BCUT2D eigenvalue weighted by molar-refractivity contribution is 5.96. The number of nitrogens with zero attached hydrogens (tertiary/aromatic N) is 2.